The first-order chi connectivity index (χ1) is 13.0. The Kier molecular flexibility index (Phi) is 4.22. The number of carboxylic acid groups (broad SMARTS) is 1. The molecular weight excluding hydrogens is 342 g/mol. The number of hydrogen-bond acceptors (Lipinski definition) is 3. The number of aromatic carboxylic acids is 1. The van der Waals surface area contributed by atoms with Gasteiger partial charge < -0.3 is 14.4 Å². The van der Waals surface area contributed by atoms with Crippen LogP contribution >= 0.6 is 0 Å². The second-order valence-electron chi connectivity index (χ2n) is 6.98. The van der Waals surface area contributed by atoms with Gasteiger partial charge in [0.1, 0.15) is 5.58 Å². The third-order valence-electron chi connectivity index (χ3n) is 5.46. The molecule has 138 valence electrons. The quantitative estimate of drug-likeness (QED) is 0.757. The lowest BCUT2D eigenvalue weighted by molar-refractivity contribution is 0.0689. The zero-order valence-corrected chi connectivity index (χ0v) is 15.4. The number of fused-ring (bicyclic) bond motifs is 2. The summed E-state index contributed by atoms with van der Waals surface area (Å²) in [4.78, 5) is 26.5. The van der Waals surface area contributed by atoms with Crippen LogP contribution in [0.4, 0.5) is 0 Å². The smallest absolute Gasteiger partial charge is 0.336 e. The fraction of sp³-hybridized carbons (Fsp3) is 0.273. The summed E-state index contributed by atoms with van der Waals surface area (Å²) >= 11 is 0. The van der Waals surface area contributed by atoms with Gasteiger partial charge in [0.25, 0.3) is 5.91 Å². The van der Waals surface area contributed by atoms with Gasteiger partial charge in [-0.1, -0.05) is 19.1 Å². The average molecular weight is 363 g/mol. The molecule has 0 unspecified atom stereocenters. The molecule has 0 spiro atoms. The molecule has 1 aliphatic heterocycles. The van der Waals surface area contributed by atoms with E-state index in [0.717, 1.165) is 27.6 Å². The highest BCUT2D eigenvalue weighted by Gasteiger charge is 2.26. The number of carboxylic acids is 1. The minimum Gasteiger partial charge on any atom is -0.478 e. The molecule has 1 aromatic heterocycles. The highest BCUT2D eigenvalue weighted by atomic mass is 16.4. The number of aryl methyl sites for hydroxylation is 1. The molecule has 0 radical (unpaired) electrons. The summed E-state index contributed by atoms with van der Waals surface area (Å²) in [6, 6.07) is 9.33. The van der Waals surface area contributed by atoms with E-state index in [2.05, 4.69) is 0 Å². The summed E-state index contributed by atoms with van der Waals surface area (Å²) in [7, 11) is 0. The van der Waals surface area contributed by atoms with Gasteiger partial charge in [0.15, 0.2) is 0 Å². The van der Waals surface area contributed by atoms with Crippen molar-refractivity contribution in [2.24, 2.45) is 0 Å². The standard InChI is InChI=1S/C22H21NO4/c1-3-14-10-17-12-23(8-6-18(17)13(2)20(14)22(25)26)21(24)16-5-4-15-7-9-27-19(15)11-16/h4-5,7,9-11H,3,6,8,12H2,1-2H3,(H,25,26). The average Bonchev–Trinajstić information content (AvgIpc) is 3.14. The Bertz CT molecular complexity index is 1060. The van der Waals surface area contributed by atoms with E-state index in [1.54, 1.807) is 12.3 Å². The van der Waals surface area contributed by atoms with E-state index < -0.39 is 5.97 Å². The van der Waals surface area contributed by atoms with Crippen LogP contribution < -0.4 is 0 Å². The zero-order valence-electron chi connectivity index (χ0n) is 15.4. The Hall–Kier alpha value is -3.08. The summed E-state index contributed by atoms with van der Waals surface area (Å²) in [5.41, 5.74) is 5.50. The largest absolute Gasteiger partial charge is 0.478 e. The van der Waals surface area contributed by atoms with Crippen LogP contribution in [0.5, 0.6) is 0 Å². The second-order valence-corrected chi connectivity index (χ2v) is 6.98. The van der Waals surface area contributed by atoms with Crippen LogP contribution in [0.3, 0.4) is 0 Å². The number of hydrogen-bond donors (Lipinski definition) is 1. The molecule has 3 aromatic rings. The van der Waals surface area contributed by atoms with Gasteiger partial charge in [0.05, 0.1) is 11.8 Å². The first-order valence-corrected chi connectivity index (χ1v) is 9.13. The maximum absolute atomic E-state index is 13.0. The number of furan rings is 1. The highest BCUT2D eigenvalue weighted by molar-refractivity contribution is 5.98. The minimum absolute atomic E-state index is 0.0306. The molecule has 5 nitrogen and oxygen atoms in total. The van der Waals surface area contributed by atoms with E-state index in [0.29, 0.717) is 42.6 Å². The molecule has 0 saturated heterocycles. The molecule has 4 rings (SSSR count). The van der Waals surface area contributed by atoms with Crippen LogP contribution in [0.1, 0.15) is 49.9 Å². The lowest BCUT2D eigenvalue weighted by Gasteiger charge is -2.31. The van der Waals surface area contributed by atoms with Crippen LogP contribution in [0.25, 0.3) is 11.0 Å². The van der Waals surface area contributed by atoms with Crippen molar-refractivity contribution in [2.75, 3.05) is 6.54 Å². The van der Waals surface area contributed by atoms with Crippen molar-refractivity contribution in [1.82, 2.24) is 4.90 Å². The summed E-state index contributed by atoms with van der Waals surface area (Å²) in [6.07, 6.45) is 2.93. The fourth-order valence-corrected chi connectivity index (χ4v) is 4.04. The van der Waals surface area contributed by atoms with Crippen molar-refractivity contribution >= 4 is 22.8 Å². The topological polar surface area (TPSA) is 70.8 Å². The molecule has 5 heteroatoms. The highest BCUT2D eigenvalue weighted by Crippen LogP contribution is 2.29. The van der Waals surface area contributed by atoms with Gasteiger partial charge in [-0.05, 0) is 60.2 Å². The molecule has 2 heterocycles. The predicted molar refractivity (Wildman–Crippen MR) is 102 cm³/mol. The lowest BCUT2D eigenvalue weighted by Crippen LogP contribution is -2.36. The van der Waals surface area contributed by atoms with Crippen LogP contribution in [-0.4, -0.2) is 28.4 Å². The second kappa shape index (κ2) is 6.58. The van der Waals surface area contributed by atoms with Gasteiger partial charge >= 0.3 is 5.97 Å². The molecule has 1 amide bonds. The van der Waals surface area contributed by atoms with E-state index in [1.807, 2.05) is 43.0 Å². The molecular formula is C22H21NO4. The summed E-state index contributed by atoms with van der Waals surface area (Å²) < 4.78 is 5.41. The number of carbonyl (C=O) groups excluding carboxylic acids is 1. The fourth-order valence-electron chi connectivity index (χ4n) is 4.04. The minimum atomic E-state index is -0.877. The zero-order chi connectivity index (χ0) is 19.1. The van der Waals surface area contributed by atoms with Gasteiger partial charge in [0, 0.05) is 24.0 Å². The van der Waals surface area contributed by atoms with Crippen LogP contribution in [0.15, 0.2) is 41.0 Å². The number of amides is 1. The first-order valence-electron chi connectivity index (χ1n) is 9.13. The summed E-state index contributed by atoms with van der Waals surface area (Å²) in [5.74, 6) is -0.908. The maximum Gasteiger partial charge on any atom is 0.336 e. The van der Waals surface area contributed by atoms with Gasteiger partial charge in [0.2, 0.25) is 0 Å². The molecule has 2 aromatic carbocycles. The molecule has 1 N–H and O–H groups in total. The molecule has 0 fully saturated rings. The van der Waals surface area contributed by atoms with Crippen molar-refractivity contribution < 1.29 is 19.1 Å². The molecule has 27 heavy (non-hydrogen) atoms. The number of nitrogens with zero attached hydrogens (tertiary/aromatic N) is 1. The molecule has 0 bridgehead atoms. The van der Waals surface area contributed by atoms with Crippen molar-refractivity contribution in [3.05, 3.63) is 70.0 Å². The summed E-state index contributed by atoms with van der Waals surface area (Å²) in [6.45, 7) is 4.91. The first kappa shape index (κ1) is 17.3. The van der Waals surface area contributed by atoms with Gasteiger partial charge in [-0.15, -0.1) is 0 Å². The van der Waals surface area contributed by atoms with Gasteiger partial charge in [-0.2, -0.15) is 0 Å². The molecule has 0 atom stereocenters. The van der Waals surface area contributed by atoms with Crippen molar-refractivity contribution in [2.45, 2.75) is 33.2 Å². The van der Waals surface area contributed by atoms with Crippen LogP contribution in [-0.2, 0) is 19.4 Å². The van der Waals surface area contributed by atoms with Crippen molar-refractivity contribution in [3.63, 3.8) is 0 Å². The lowest BCUT2D eigenvalue weighted by atomic mass is 9.87. The number of benzene rings is 2. The maximum atomic E-state index is 13.0. The molecule has 1 aliphatic rings. The van der Waals surface area contributed by atoms with E-state index in [-0.39, 0.29) is 5.91 Å². The Morgan fingerprint density at radius 3 is 2.78 bits per heavy atom. The Labute approximate surface area is 157 Å². The van der Waals surface area contributed by atoms with E-state index in [1.165, 1.54) is 0 Å². The number of rotatable bonds is 3. The monoisotopic (exact) mass is 363 g/mol. The third-order valence-corrected chi connectivity index (χ3v) is 5.46. The molecule has 0 saturated carbocycles. The van der Waals surface area contributed by atoms with E-state index >= 15 is 0 Å². The van der Waals surface area contributed by atoms with Crippen molar-refractivity contribution in [1.29, 1.82) is 0 Å². The Morgan fingerprint density at radius 2 is 2.04 bits per heavy atom. The van der Waals surface area contributed by atoms with Crippen LogP contribution in [0.2, 0.25) is 0 Å². The normalized spacial score (nSPS) is 13.6. The SMILES string of the molecule is CCc1cc2c(c(C)c1C(=O)O)CCN(C(=O)c1ccc3ccoc3c1)C2. The van der Waals surface area contributed by atoms with E-state index in [4.69, 9.17) is 4.42 Å². The van der Waals surface area contributed by atoms with Crippen molar-refractivity contribution in [3.8, 4) is 0 Å². The summed E-state index contributed by atoms with van der Waals surface area (Å²) in [5, 5.41) is 10.5. The molecule has 0 aliphatic carbocycles. The number of carbonyl (C=O) groups is 2. The van der Waals surface area contributed by atoms with Gasteiger partial charge in [-0.25, -0.2) is 4.79 Å². The Morgan fingerprint density at radius 1 is 1.22 bits per heavy atom. The Balaban J connectivity index is 1.67. The third kappa shape index (κ3) is 2.89. The predicted octanol–water partition coefficient (Wildman–Crippen LogP) is 4.20. The van der Waals surface area contributed by atoms with Gasteiger partial charge in [-0.3, -0.25) is 4.79 Å². The van der Waals surface area contributed by atoms with E-state index in [9.17, 15) is 14.7 Å². The van der Waals surface area contributed by atoms with Crippen LogP contribution in [0, 0.1) is 6.92 Å².